The molecular weight excluding hydrogens is 428 g/mol. The van der Waals surface area contributed by atoms with Crippen LogP contribution < -0.4 is 4.74 Å². The van der Waals surface area contributed by atoms with Crippen molar-refractivity contribution in [2.45, 2.75) is 76.3 Å². The molecule has 5 atom stereocenters. The van der Waals surface area contributed by atoms with Gasteiger partial charge in [-0.3, -0.25) is 4.68 Å². The van der Waals surface area contributed by atoms with Gasteiger partial charge in [0, 0.05) is 30.9 Å². The number of aromatic nitrogens is 2. The molecule has 182 valence electrons. The third-order valence-electron chi connectivity index (χ3n) is 6.66. The normalized spacial score (nSPS) is 28.7. The van der Waals surface area contributed by atoms with E-state index in [1.54, 1.807) is 0 Å². The van der Waals surface area contributed by atoms with Gasteiger partial charge in [-0.2, -0.15) is 0 Å². The summed E-state index contributed by atoms with van der Waals surface area (Å²) in [6.45, 7) is 4.93. The highest BCUT2D eigenvalue weighted by atomic mass is 16.7. The van der Waals surface area contributed by atoms with Crippen molar-refractivity contribution < 1.29 is 34.6 Å². The van der Waals surface area contributed by atoms with Crippen LogP contribution in [-0.2, 0) is 22.3 Å². The Morgan fingerprint density at radius 2 is 1.70 bits per heavy atom. The Bertz CT molecular complexity index is 908. The van der Waals surface area contributed by atoms with Gasteiger partial charge < -0.3 is 34.6 Å². The number of ether oxygens (including phenoxy) is 3. The number of benzene rings is 1. The molecule has 0 aliphatic carbocycles. The zero-order valence-corrected chi connectivity index (χ0v) is 19.1. The number of hydrogen-bond donors (Lipinski definition) is 4. The zero-order valence-electron chi connectivity index (χ0n) is 19.1. The summed E-state index contributed by atoms with van der Waals surface area (Å²) in [5.41, 5.74) is 4.18. The van der Waals surface area contributed by atoms with Gasteiger partial charge in [0.2, 0.25) is 12.2 Å². The summed E-state index contributed by atoms with van der Waals surface area (Å²) in [6.07, 6.45) is -3.55. The van der Waals surface area contributed by atoms with E-state index in [-0.39, 0.29) is 6.04 Å². The second-order valence-electron chi connectivity index (χ2n) is 8.82. The van der Waals surface area contributed by atoms with E-state index >= 15 is 0 Å². The minimum atomic E-state index is -1.51. The third kappa shape index (κ3) is 5.08. The van der Waals surface area contributed by atoms with E-state index in [0.717, 1.165) is 36.1 Å². The van der Waals surface area contributed by atoms with Crippen LogP contribution in [0.4, 0.5) is 0 Å². The zero-order chi connectivity index (χ0) is 23.5. The van der Waals surface area contributed by atoms with E-state index < -0.39 is 37.3 Å². The lowest BCUT2D eigenvalue weighted by molar-refractivity contribution is -0.278. The molecule has 9 nitrogen and oxygen atoms in total. The molecule has 0 spiro atoms. The van der Waals surface area contributed by atoms with Crippen LogP contribution in [0.1, 0.15) is 48.2 Å². The molecule has 3 heterocycles. The van der Waals surface area contributed by atoms with Crippen molar-refractivity contribution in [3.05, 3.63) is 46.6 Å². The van der Waals surface area contributed by atoms with Crippen LogP contribution in [0.3, 0.4) is 0 Å². The maximum atomic E-state index is 10.5. The fourth-order valence-electron chi connectivity index (χ4n) is 4.48. The Morgan fingerprint density at radius 1 is 1.03 bits per heavy atom. The Labute approximate surface area is 193 Å². The minimum absolute atomic E-state index is 0.173. The minimum Gasteiger partial charge on any atom is -0.443 e. The quantitative estimate of drug-likeness (QED) is 0.478. The number of rotatable bonds is 7. The van der Waals surface area contributed by atoms with Crippen LogP contribution in [0.15, 0.2) is 24.3 Å². The van der Waals surface area contributed by atoms with Crippen molar-refractivity contribution >= 4 is 0 Å². The highest BCUT2D eigenvalue weighted by Crippen LogP contribution is 2.32. The maximum Gasteiger partial charge on any atom is 0.239 e. The summed E-state index contributed by atoms with van der Waals surface area (Å²) in [6, 6.07) is 8.55. The van der Waals surface area contributed by atoms with Gasteiger partial charge in [0.1, 0.15) is 24.4 Å². The molecule has 2 fully saturated rings. The first-order valence-corrected chi connectivity index (χ1v) is 11.6. The molecule has 0 saturated carbocycles. The molecule has 0 amide bonds. The monoisotopic (exact) mass is 462 g/mol. The van der Waals surface area contributed by atoms with Crippen molar-refractivity contribution in [3.8, 4) is 5.88 Å². The summed E-state index contributed by atoms with van der Waals surface area (Å²) in [4.78, 5) is 0. The van der Waals surface area contributed by atoms with Gasteiger partial charge in [-0.25, -0.2) is 0 Å². The van der Waals surface area contributed by atoms with Crippen LogP contribution in [0, 0.1) is 6.92 Å². The van der Waals surface area contributed by atoms with E-state index in [1.165, 1.54) is 5.56 Å². The van der Waals surface area contributed by atoms with Crippen LogP contribution in [-0.4, -0.2) is 80.7 Å². The van der Waals surface area contributed by atoms with Crippen molar-refractivity contribution in [1.82, 2.24) is 9.78 Å². The van der Waals surface area contributed by atoms with E-state index in [4.69, 9.17) is 19.3 Å². The second-order valence-corrected chi connectivity index (χ2v) is 8.82. The predicted molar refractivity (Wildman–Crippen MR) is 119 cm³/mol. The highest BCUT2D eigenvalue weighted by molar-refractivity contribution is 5.37. The molecule has 2 aliphatic heterocycles. The molecule has 2 aliphatic rings. The lowest BCUT2D eigenvalue weighted by atomic mass is 9.99. The second kappa shape index (κ2) is 10.5. The number of aliphatic hydroxyl groups is 4. The molecule has 0 bridgehead atoms. The molecule has 1 aromatic carbocycles. The van der Waals surface area contributed by atoms with Crippen molar-refractivity contribution in [3.63, 3.8) is 0 Å². The van der Waals surface area contributed by atoms with E-state index in [0.29, 0.717) is 25.5 Å². The van der Waals surface area contributed by atoms with Gasteiger partial charge in [-0.15, -0.1) is 5.10 Å². The van der Waals surface area contributed by atoms with Gasteiger partial charge in [-0.05, 0) is 37.3 Å². The first-order chi connectivity index (χ1) is 15.9. The fourth-order valence-corrected chi connectivity index (χ4v) is 4.48. The van der Waals surface area contributed by atoms with E-state index in [2.05, 4.69) is 31.2 Å². The first-order valence-electron chi connectivity index (χ1n) is 11.6. The molecule has 0 unspecified atom stereocenters. The highest BCUT2D eigenvalue weighted by Gasteiger charge is 2.45. The topological polar surface area (TPSA) is 126 Å². The number of aryl methyl sites for hydroxylation is 1. The van der Waals surface area contributed by atoms with E-state index in [9.17, 15) is 20.4 Å². The molecule has 4 N–H and O–H groups in total. The van der Waals surface area contributed by atoms with Crippen LogP contribution in [0.25, 0.3) is 0 Å². The van der Waals surface area contributed by atoms with Gasteiger partial charge >= 0.3 is 0 Å². The smallest absolute Gasteiger partial charge is 0.239 e. The SMILES string of the molecule is CCc1ccc(Cc2c(O[C@@H]3O[C@H](CO)[C@@H](O)[C@H](O)[C@H]3O)nn(C3CCOCC3)c2C)cc1. The Kier molecular flexibility index (Phi) is 7.68. The number of aliphatic hydroxyl groups excluding tert-OH is 4. The summed E-state index contributed by atoms with van der Waals surface area (Å²) in [5, 5.41) is 44.9. The molecular formula is C24H34N2O7. The number of hydrogen-bond acceptors (Lipinski definition) is 8. The largest absolute Gasteiger partial charge is 0.443 e. The molecule has 0 radical (unpaired) electrons. The fraction of sp³-hybridized carbons (Fsp3) is 0.625. The van der Waals surface area contributed by atoms with Crippen molar-refractivity contribution in [2.75, 3.05) is 19.8 Å². The van der Waals surface area contributed by atoms with Crippen LogP contribution in [0.2, 0.25) is 0 Å². The third-order valence-corrected chi connectivity index (χ3v) is 6.66. The Morgan fingerprint density at radius 3 is 2.33 bits per heavy atom. The van der Waals surface area contributed by atoms with Gasteiger partial charge in [0.25, 0.3) is 0 Å². The van der Waals surface area contributed by atoms with Gasteiger partial charge in [-0.1, -0.05) is 31.2 Å². The van der Waals surface area contributed by atoms with Crippen molar-refractivity contribution in [1.29, 1.82) is 0 Å². The molecule has 2 saturated heterocycles. The average Bonchev–Trinajstić information content (AvgIpc) is 3.15. The summed E-state index contributed by atoms with van der Waals surface area (Å²) < 4.78 is 19.0. The molecule has 2 aromatic rings. The molecule has 33 heavy (non-hydrogen) atoms. The molecule has 1 aromatic heterocycles. The van der Waals surface area contributed by atoms with Crippen molar-refractivity contribution in [2.24, 2.45) is 0 Å². The Hall–Kier alpha value is -2.01. The summed E-state index contributed by atoms with van der Waals surface area (Å²) >= 11 is 0. The van der Waals surface area contributed by atoms with Gasteiger partial charge in [0.05, 0.1) is 12.6 Å². The lowest BCUT2D eigenvalue weighted by Gasteiger charge is -2.39. The Balaban J connectivity index is 1.64. The summed E-state index contributed by atoms with van der Waals surface area (Å²) in [5.74, 6) is 0.308. The summed E-state index contributed by atoms with van der Waals surface area (Å²) in [7, 11) is 0. The standard InChI is InChI=1S/C24H34N2O7/c1-3-15-4-6-16(7-5-15)12-18-14(2)26(17-8-10-31-11-9-17)25-23(18)33-24-22(30)21(29)20(28)19(13-27)32-24/h4-7,17,19-22,24,27-30H,3,8-13H2,1-2H3/t19-,20-,21+,22-,24+/m1/s1. The number of nitrogens with zero attached hydrogens (tertiary/aromatic N) is 2. The lowest BCUT2D eigenvalue weighted by Crippen LogP contribution is -2.60. The van der Waals surface area contributed by atoms with Crippen LogP contribution >= 0.6 is 0 Å². The van der Waals surface area contributed by atoms with E-state index in [1.807, 2.05) is 11.6 Å². The van der Waals surface area contributed by atoms with Crippen LogP contribution in [0.5, 0.6) is 5.88 Å². The maximum absolute atomic E-state index is 10.5. The molecule has 4 rings (SSSR count). The average molecular weight is 463 g/mol. The first kappa shape index (κ1) is 24.1. The predicted octanol–water partition coefficient (Wildman–Crippen LogP) is 0.875. The van der Waals surface area contributed by atoms with Gasteiger partial charge in [0.15, 0.2) is 0 Å². The molecule has 9 heteroatoms.